The van der Waals surface area contributed by atoms with Gasteiger partial charge >= 0.3 is 0 Å². The fraction of sp³-hybridized carbons (Fsp3) is 0.786. The molecule has 0 saturated carbocycles. The molecule has 0 radical (unpaired) electrons. The molecule has 0 aromatic carbocycles. The lowest BCUT2D eigenvalue weighted by Crippen LogP contribution is -2.27. The van der Waals surface area contributed by atoms with Gasteiger partial charge in [-0.2, -0.15) is 5.10 Å². The van der Waals surface area contributed by atoms with Gasteiger partial charge in [-0.15, -0.1) is 0 Å². The average molecular weight is 235 g/mol. The summed E-state index contributed by atoms with van der Waals surface area (Å²) in [6.07, 6.45) is 6.80. The molecule has 0 aliphatic carbocycles. The molecule has 1 aromatic rings. The molecule has 0 amide bonds. The van der Waals surface area contributed by atoms with Crippen molar-refractivity contribution in [1.29, 1.82) is 0 Å². The standard InChI is InChI=1S/C14H25N3/c1-10(2)7-14-13(5-6-15-14)12-8-16-17(9-12)11(3)4/h8-11,13-15H,5-7H2,1-4H3. The van der Waals surface area contributed by atoms with Crippen molar-refractivity contribution in [3.05, 3.63) is 18.0 Å². The molecule has 1 fully saturated rings. The number of aromatic nitrogens is 2. The highest BCUT2D eigenvalue weighted by Gasteiger charge is 2.29. The van der Waals surface area contributed by atoms with Gasteiger partial charge < -0.3 is 5.32 Å². The molecule has 3 heteroatoms. The number of nitrogens with one attached hydrogen (secondary N) is 1. The smallest absolute Gasteiger partial charge is 0.0525 e. The zero-order valence-electron chi connectivity index (χ0n) is 11.5. The molecular weight excluding hydrogens is 210 g/mol. The second-order valence-corrected chi connectivity index (χ2v) is 5.93. The SMILES string of the molecule is CC(C)CC1NCCC1c1cnn(C(C)C)c1. The van der Waals surface area contributed by atoms with E-state index in [1.165, 1.54) is 18.4 Å². The van der Waals surface area contributed by atoms with Gasteiger partial charge in [-0.1, -0.05) is 13.8 Å². The maximum Gasteiger partial charge on any atom is 0.0525 e. The van der Waals surface area contributed by atoms with Gasteiger partial charge in [-0.25, -0.2) is 0 Å². The summed E-state index contributed by atoms with van der Waals surface area (Å²) < 4.78 is 2.07. The van der Waals surface area contributed by atoms with Crippen molar-refractivity contribution < 1.29 is 0 Å². The van der Waals surface area contributed by atoms with Crippen molar-refractivity contribution in [3.63, 3.8) is 0 Å². The number of nitrogens with zero attached hydrogens (tertiary/aromatic N) is 2. The van der Waals surface area contributed by atoms with E-state index in [-0.39, 0.29) is 0 Å². The zero-order chi connectivity index (χ0) is 12.4. The molecule has 1 aromatic heterocycles. The van der Waals surface area contributed by atoms with Crippen LogP contribution in [0, 0.1) is 5.92 Å². The van der Waals surface area contributed by atoms with Crippen molar-refractivity contribution in [2.24, 2.45) is 5.92 Å². The van der Waals surface area contributed by atoms with Crippen molar-refractivity contribution in [2.45, 2.75) is 58.5 Å². The summed E-state index contributed by atoms with van der Waals surface area (Å²) in [5.74, 6) is 1.41. The van der Waals surface area contributed by atoms with Crippen molar-refractivity contribution in [3.8, 4) is 0 Å². The summed E-state index contributed by atoms with van der Waals surface area (Å²) in [7, 11) is 0. The molecule has 0 bridgehead atoms. The van der Waals surface area contributed by atoms with Gasteiger partial charge in [0, 0.05) is 24.2 Å². The Morgan fingerprint density at radius 1 is 1.41 bits per heavy atom. The lowest BCUT2D eigenvalue weighted by atomic mass is 9.89. The Bertz CT molecular complexity index is 354. The molecule has 2 heterocycles. The molecular formula is C14H25N3. The largest absolute Gasteiger partial charge is 0.313 e. The second kappa shape index (κ2) is 5.21. The van der Waals surface area contributed by atoms with Crippen LogP contribution >= 0.6 is 0 Å². The van der Waals surface area contributed by atoms with Gasteiger partial charge in [0.05, 0.1) is 6.20 Å². The van der Waals surface area contributed by atoms with Crippen LogP contribution in [0.15, 0.2) is 12.4 Å². The van der Waals surface area contributed by atoms with E-state index in [0.29, 0.717) is 18.0 Å². The number of hydrogen-bond donors (Lipinski definition) is 1. The van der Waals surface area contributed by atoms with Crippen LogP contribution in [0.4, 0.5) is 0 Å². The lowest BCUT2D eigenvalue weighted by Gasteiger charge is -2.20. The Labute approximate surface area is 105 Å². The highest BCUT2D eigenvalue weighted by molar-refractivity contribution is 5.17. The molecule has 3 nitrogen and oxygen atoms in total. The van der Waals surface area contributed by atoms with Crippen LogP contribution in [0.1, 0.15) is 58.1 Å². The summed E-state index contributed by atoms with van der Waals surface area (Å²) in [6.45, 7) is 10.1. The fourth-order valence-electron chi connectivity index (χ4n) is 2.75. The van der Waals surface area contributed by atoms with Gasteiger partial charge in [0.2, 0.25) is 0 Å². The highest BCUT2D eigenvalue weighted by atomic mass is 15.3. The number of hydrogen-bond acceptors (Lipinski definition) is 2. The Morgan fingerprint density at radius 3 is 2.76 bits per heavy atom. The van der Waals surface area contributed by atoms with Gasteiger partial charge in [0.1, 0.15) is 0 Å². The quantitative estimate of drug-likeness (QED) is 0.869. The highest BCUT2D eigenvalue weighted by Crippen LogP contribution is 2.31. The van der Waals surface area contributed by atoms with E-state index in [1.807, 2.05) is 0 Å². The van der Waals surface area contributed by atoms with Crippen molar-refractivity contribution in [2.75, 3.05) is 6.54 Å². The van der Waals surface area contributed by atoms with E-state index in [4.69, 9.17) is 0 Å². The monoisotopic (exact) mass is 235 g/mol. The Hall–Kier alpha value is -0.830. The van der Waals surface area contributed by atoms with Gasteiger partial charge in [-0.05, 0) is 44.7 Å². The van der Waals surface area contributed by atoms with Crippen LogP contribution in [-0.4, -0.2) is 22.4 Å². The fourth-order valence-corrected chi connectivity index (χ4v) is 2.75. The topological polar surface area (TPSA) is 29.9 Å². The molecule has 1 N–H and O–H groups in total. The van der Waals surface area contributed by atoms with Crippen LogP contribution in [0.5, 0.6) is 0 Å². The third-order valence-electron chi connectivity index (χ3n) is 3.65. The molecule has 2 rings (SSSR count). The molecule has 1 aliphatic rings. The molecule has 96 valence electrons. The maximum absolute atomic E-state index is 4.46. The van der Waals surface area contributed by atoms with E-state index in [9.17, 15) is 0 Å². The van der Waals surface area contributed by atoms with Crippen LogP contribution in [0.2, 0.25) is 0 Å². The average Bonchev–Trinajstić information content (AvgIpc) is 2.83. The summed E-state index contributed by atoms with van der Waals surface area (Å²) >= 11 is 0. The zero-order valence-corrected chi connectivity index (χ0v) is 11.5. The summed E-state index contributed by atoms with van der Waals surface area (Å²) in [6, 6.07) is 1.10. The maximum atomic E-state index is 4.46. The summed E-state index contributed by atoms with van der Waals surface area (Å²) in [5.41, 5.74) is 1.41. The van der Waals surface area contributed by atoms with Crippen LogP contribution < -0.4 is 5.32 Å². The first kappa shape index (κ1) is 12.6. The summed E-state index contributed by atoms with van der Waals surface area (Å²) in [5, 5.41) is 8.10. The van der Waals surface area contributed by atoms with Gasteiger partial charge in [0.25, 0.3) is 0 Å². The third kappa shape index (κ3) is 2.89. The second-order valence-electron chi connectivity index (χ2n) is 5.93. The predicted molar refractivity (Wildman–Crippen MR) is 71.2 cm³/mol. The van der Waals surface area contributed by atoms with Crippen LogP contribution in [-0.2, 0) is 0 Å². The predicted octanol–water partition coefficient (Wildman–Crippen LogP) is 2.96. The Kier molecular flexibility index (Phi) is 3.87. The van der Waals surface area contributed by atoms with E-state index in [1.54, 1.807) is 0 Å². The number of rotatable bonds is 4. The van der Waals surface area contributed by atoms with Crippen LogP contribution in [0.3, 0.4) is 0 Å². The minimum absolute atomic E-state index is 0.460. The van der Waals surface area contributed by atoms with E-state index < -0.39 is 0 Å². The molecule has 17 heavy (non-hydrogen) atoms. The molecule has 0 spiro atoms. The summed E-state index contributed by atoms with van der Waals surface area (Å²) in [4.78, 5) is 0. The van der Waals surface area contributed by atoms with Crippen molar-refractivity contribution >= 4 is 0 Å². The molecule has 1 aliphatic heterocycles. The van der Waals surface area contributed by atoms with E-state index in [0.717, 1.165) is 12.5 Å². The van der Waals surface area contributed by atoms with E-state index in [2.05, 4.69) is 55.2 Å². The van der Waals surface area contributed by atoms with Crippen LogP contribution in [0.25, 0.3) is 0 Å². The minimum Gasteiger partial charge on any atom is -0.313 e. The Morgan fingerprint density at radius 2 is 2.18 bits per heavy atom. The first-order valence-electron chi connectivity index (χ1n) is 6.85. The molecule has 2 atom stereocenters. The van der Waals surface area contributed by atoms with Gasteiger partial charge in [-0.3, -0.25) is 4.68 Å². The van der Waals surface area contributed by atoms with Crippen molar-refractivity contribution in [1.82, 2.24) is 15.1 Å². The van der Waals surface area contributed by atoms with E-state index >= 15 is 0 Å². The lowest BCUT2D eigenvalue weighted by molar-refractivity contribution is 0.433. The normalized spacial score (nSPS) is 25.1. The first-order chi connectivity index (χ1) is 8.08. The third-order valence-corrected chi connectivity index (χ3v) is 3.65. The first-order valence-corrected chi connectivity index (χ1v) is 6.85. The molecule has 2 unspecified atom stereocenters. The van der Waals surface area contributed by atoms with Gasteiger partial charge in [0.15, 0.2) is 0 Å². The minimum atomic E-state index is 0.460. The molecule has 1 saturated heterocycles. The Balaban J connectivity index is 2.09.